The molecule has 2 unspecified atom stereocenters. The minimum atomic E-state index is -0.106. The lowest BCUT2D eigenvalue weighted by molar-refractivity contribution is 0.161. The Bertz CT molecular complexity index is 554. The summed E-state index contributed by atoms with van der Waals surface area (Å²) in [5.74, 6) is 0.992. The van der Waals surface area contributed by atoms with Gasteiger partial charge in [0.1, 0.15) is 17.6 Å². The van der Waals surface area contributed by atoms with Crippen LogP contribution in [0.5, 0.6) is 11.5 Å². The van der Waals surface area contributed by atoms with Crippen molar-refractivity contribution in [3.05, 3.63) is 59.7 Å². The van der Waals surface area contributed by atoms with Gasteiger partial charge in [-0.1, -0.05) is 30.3 Å². The molecule has 2 aromatic rings. The van der Waals surface area contributed by atoms with Crippen molar-refractivity contribution in [2.24, 2.45) is 5.73 Å². The lowest BCUT2D eigenvalue weighted by Gasteiger charge is -2.30. The third-order valence-electron chi connectivity index (χ3n) is 3.30. The molecule has 92 valence electrons. The molecule has 3 nitrogen and oxygen atoms in total. The summed E-state index contributed by atoms with van der Waals surface area (Å²) in [5.41, 5.74) is 8.16. The van der Waals surface area contributed by atoms with E-state index in [9.17, 15) is 5.11 Å². The Balaban J connectivity index is 1.95. The van der Waals surface area contributed by atoms with Gasteiger partial charge in [-0.3, -0.25) is 0 Å². The maximum absolute atomic E-state index is 9.48. The fourth-order valence-electron chi connectivity index (χ4n) is 2.36. The summed E-state index contributed by atoms with van der Waals surface area (Å²) in [6.45, 7) is 0. The Hall–Kier alpha value is -2.00. The summed E-state index contributed by atoms with van der Waals surface area (Å²) in [4.78, 5) is 0. The van der Waals surface area contributed by atoms with Gasteiger partial charge < -0.3 is 15.6 Å². The summed E-state index contributed by atoms with van der Waals surface area (Å²) in [6, 6.07) is 15.0. The lowest BCUT2D eigenvalue weighted by Crippen LogP contribution is -2.24. The molecule has 3 rings (SSSR count). The number of ether oxygens (including phenoxy) is 1. The van der Waals surface area contributed by atoms with E-state index in [1.807, 2.05) is 30.3 Å². The number of aromatic hydroxyl groups is 1. The van der Waals surface area contributed by atoms with E-state index in [0.717, 1.165) is 23.3 Å². The summed E-state index contributed by atoms with van der Waals surface area (Å²) in [5, 5.41) is 9.48. The van der Waals surface area contributed by atoms with Crippen molar-refractivity contribution >= 4 is 0 Å². The number of fused-ring (bicyclic) bond motifs is 1. The van der Waals surface area contributed by atoms with Crippen molar-refractivity contribution in [1.29, 1.82) is 0 Å². The molecule has 0 saturated heterocycles. The van der Waals surface area contributed by atoms with E-state index in [2.05, 4.69) is 0 Å². The minimum Gasteiger partial charge on any atom is -0.508 e. The summed E-state index contributed by atoms with van der Waals surface area (Å²) < 4.78 is 5.95. The van der Waals surface area contributed by atoms with Crippen molar-refractivity contribution in [3.8, 4) is 11.5 Å². The number of hydrogen-bond donors (Lipinski definition) is 2. The monoisotopic (exact) mass is 241 g/mol. The zero-order chi connectivity index (χ0) is 12.5. The van der Waals surface area contributed by atoms with Gasteiger partial charge in [0.15, 0.2) is 0 Å². The Kier molecular flexibility index (Phi) is 2.68. The smallest absolute Gasteiger partial charge is 0.126 e. The van der Waals surface area contributed by atoms with Crippen LogP contribution in [0.3, 0.4) is 0 Å². The highest BCUT2D eigenvalue weighted by Gasteiger charge is 2.27. The van der Waals surface area contributed by atoms with E-state index in [4.69, 9.17) is 10.5 Å². The molecule has 1 heterocycles. The highest BCUT2D eigenvalue weighted by atomic mass is 16.5. The first-order valence-electron chi connectivity index (χ1n) is 6.04. The molecule has 3 heteroatoms. The van der Waals surface area contributed by atoms with Gasteiger partial charge in [-0.25, -0.2) is 0 Å². The van der Waals surface area contributed by atoms with Crippen LogP contribution in [0.15, 0.2) is 48.5 Å². The minimum absolute atomic E-state index is 0.0155. The standard InChI is InChI=1S/C15H15NO2/c16-13-9-15(10-4-2-1-3-5-10)18-14-7-6-11(17)8-12(13)14/h1-8,13,15,17H,9,16H2. The predicted molar refractivity (Wildman–Crippen MR) is 69.5 cm³/mol. The maximum Gasteiger partial charge on any atom is 0.126 e. The topological polar surface area (TPSA) is 55.5 Å². The first kappa shape index (κ1) is 11.1. The molecule has 2 aromatic carbocycles. The van der Waals surface area contributed by atoms with Gasteiger partial charge in [-0.15, -0.1) is 0 Å². The number of nitrogens with two attached hydrogens (primary N) is 1. The second-order valence-electron chi connectivity index (χ2n) is 4.58. The van der Waals surface area contributed by atoms with Gasteiger partial charge in [0.25, 0.3) is 0 Å². The average Bonchev–Trinajstić information content (AvgIpc) is 2.40. The van der Waals surface area contributed by atoms with E-state index in [1.165, 1.54) is 0 Å². The van der Waals surface area contributed by atoms with Crippen molar-refractivity contribution in [2.45, 2.75) is 18.6 Å². The van der Waals surface area contributed by atoms with Gasteiger partial charge >= 0.3 is 0 Å². The Labute approximate surface area is 106 Å². The van der Waals surface area contributed by atoms with Crippen molar-refractivity contribution in [2.75, 3.05) is 0 Å². The Morgan fingerprint density at radius 2 is 1.89 bits per heavy atom. The van der Waals surface area contributed by atoms with E-state index in [1.54, 1.807) is 18.2 Å². The highest BCUT2D eigenvalue weighted by Crippen LogP contribution is 2.40. The van der Waals surface area contributed by atoms with Crippen LogP contribution in [0, 0.1) is 0 Å². The van der Waals surface area contributed by atoms with Crippen LogP contribution in [0.25, 0.3) is 0 Å². The molecule has 18 heavy (non-hydrogen) atoms. The third kappa shape index (κ3) is 1.93. The van der Waals surface area contributed by atoms with Gasteiger partial charge in [-0.2, -0.15) is 0 Å². The molecule has 0 aromatic heterocycles. The van der Waals surface area contributed by atoms with E-state index < -0.39 is 0 Å². The predicted octanol–water partition coefficient (Wildman–Crippen LogP) is 2.92. The van der Waals surface area contributed by atoms with Crippen molar-refractivity contribution in [1.82, 2.24) is 0 Å². The molecule has 0 fully saturated rings. The van der Waals surface area contributed by atoms with Crippen molar-refractivity contribution in [3.63, 3.8) is 0 Å². The fraction of sp³-hybridized carbons (Fsp3) is 0.200. The highest BCUT2D eigenvalue weighted by molar-refractivity contribution is 5.43. The first-order valence-corrected chi connectivity index (χ1v) is 6.04. The molecular formula is C15H15NO2. The van der Waals surface area contributed by atoms with Crippen LogP contribution in [0.4, 0.5) is 0 Å². The molecule has 1 aliphatic rings. The molecule has 0 amide bonds. The third-order valence-corrected chi connectivity index (χ3v) is 3.30. The second kappa shape index (κ2) is 4.35. The molecule has 1 aliphatic heterocycles. The van der Waals surface area contributed by atoms with Gasteiger partial charge in [-0.05, 0) is 23.8 Å². The van der Waals surface area contributed by atoms with Crippen LogP contribution in [-0.4, -0.2) is 5.11 Å². The Morgan fingerprint density at radius 3 is 2.67 bits per heavy atom. The van der Waals surface area contributed by atoms with Crippen LogP contribution in [0.2, 0.25) is 0 Å². The number of benzene rings is 2. The SMILES string of the molecule is NC1CC(c2ccccc2)Oc2ccc(O)cc21. The lowest BCUT2D eigenvalue weighted by atomic mass is 9.93. The average molecular weight is 241 g/mol. The largest absolute Gasteiger partial charge is 0.508 e. The van der Waals surface area contributed by atoms with Gasteiger partial charge in [0, 0.05) is 18.0 Å². The first-order chi connectivity index (χ1) is 8.74. The van der Waals surface area contributed by atoms with Crippen molar-refractivity contribution < 1.29 is 9.84 Å². The number of phenolic OH excluding ortho intramolecular Hbond substituents is 1. The fourth-order valence-corrected chi connectivity index (χ4v) is 2.36. The molecule has 0 aliphatic carbocycles. The van der Waals surface area contributed by atoms with Crippen LogP contribution < -0.4 is 10.5 Å². The zero-order valence-corrected chi connectivity index (χ0v) is 9.91. The van der Waals surface area contributed by atoms with E-state index >= 15 is 0 Å². The number of hydrogen-bond acceptors (Lipinski definition) is 3. The summed E-state index contributed by atoms with van der Waals surface area (Å²) in [6.07, 6.45) is 0.707. The quantitative estimate of drug-likeness (QED) is 0.807. The van der Waals surface area contributed by atoms with Gasteiger partial charge in [0.2, 0.25) is 0 Å². The summed E-state index contributed by atoms with van der Waals surface area (Å²) >= 11 is 0. The normalized spacial score (nSPS) is 22.1. The maximum atomic E-state index is 9.48. The summed E-state index contributed by atoms with van der Waals surface area (Å²) in [7, 11) is 0. The molecule has 0 saturated carbocycles. The molecule has 3 N–H and O–H groups in total. The molecule has 0 spiro atoms. The van der Waals surface area contributed by atoms with Crippen LogP contribution >= 0.6 is 0 Å². The van der Waals surface area contributed by atoms with Gasteiger partial charge in [0.05, 0.1) is 0 Å². The van der Waals surface area contributed by atoms with E-state index in [0.29, 0.717) is 0 Å². The van der Waals surface area contributed by atoms with Crippen LogP contribution in [-0.2, 0) is 0 Å². The molecule has 2 atom stereocenters. The second-order valence-corrected chi connectivity index (χ2v) is 4.58. The Morgan fingerprint density at radius 1 is 1.11 bits per heavy atom. The number of phenols is 1. The molecule has 0 bridgehead atoms. The number of rotatable bonds is 1. The zero-order valence-electron chi connectivity index (χ0n) is 9.91. The molecular weight excluding hydrogens is 226 g/mol. The molecule has 0 radical (unpaired) electrons. The van der Waals surface area contributed by atoms with Crippen LogP contribution in [0.1, 0.15) is 29.7 Å². The van der Waals surface area contributed by atoms with E-state index in [-0.39, 0.29) is 17.9 Å².